The van der Waals surface area contributed by atoms with E-state index >= 15 is 0 Å². The summed E-state index contributed by atoms with van der Waals surface area (Å²) >= 11 is 0. The lowest BCUT2D eigenvalue weighted by molar-refractivity contribution is -0.274. The van der Waals surface area contributed by atoms with Gasteiger partial charge in [0.25, 0.3) is 0 Å². The van der Waals surface area contributed by atoms with Crippen molar-refractivity contribution < 1.29 is 22.7 Å². The number of primary amides is 1. The van der Waals surface area contributed by atoms with Crippen LogP contribution in [0.5, 0.6) is 5.75 Å². The highest BCUT2D eigenvalue weighted by molar-refractivity contribution is 6.17. The Morgan fingerprint density at radius 2 is 1.87 bits per heavy atom. The SMILES string of the molecule is CCCc1c[c]c2c3c(C(N)=O)cccc3n(Cc3cccc(OC(F)(F)F)c3)c2c1. The molecule has 4 nitrogen and oxygen atoms in total. The zero-order valence-corrected chi connectivity index (χ0v) is 16.8. The van der Waals surface area contributed by atoms with E-state index in [1.807, 2.05) is 22.8 Å². The van der Waals surface area contributed by atoms with Crippen molar-refractivity contribution in [3.05, 3.63) is 77.4 Å². The first-order chi connectivity index (χ1) is 14.8. The molecule has 1 radical (unpaired) electrons. The first-order valence-electron chi connectivity index (χ1n) is 9.87. The predicted octanol–water partition coefficient (Wildman–Crippen LogP) is 5.59. The molecule has 2 N–H and O–H groups in total. The summed E-state index contributed by atoms with van der Waals surface area (Å²) in [4.78, 5) is 12.0. The molecule has 31 heavy (non-hydrogen) atoms. The van der Waals surface area contributed by atoms with Crippen LogP contribution in [0.2, 0.25) is 0 Å². The first kappa shape index (κ1) is 20.8. The van der Waals surface area contributed by atoms with E-state index in [1.165, 1.54) is 18.2 Å². The molecule has 0 aliphatic carbocycles. The summed E-state index contributed by atoms with van der Waals surface area (Å²) in [5, 5.41) is 1.45. The normalized spacial score (nSPS) is 11.9. The number of nitrogens with two attached hydrogens (primary N) is 1. The van der Waals surface area contributed by atoms with Crippen molar-refractivity contribution in [1.82, 2.24) is 4.57 Å². The number of aromatic nitrogens is 1. The minimum absolute atomic E-state index is 0.276. The second-order valence-corrected chi connectivity index (χ2v) is 7.36. The number of carbonyl (C=O) groups excluding carboxylic acids is 1. The van der Waals surface area contributed by atoms with Gasteiger partial charge >= 0.3 is 6.36 Å². The Kier molecular flexibility index (Phi) is 5.35. The topological polar surface area (TPSA) is 57.2 Å². The fourth-order valence-electron chi connectivity index (χ4n) is 3.93. The summed E-state index contributed by atoms with van der Waals surface area (Å²) < 4.78 is 43.9. The van der Waals surface area contributed by atoms with Gasteiger partial charge in [0.05, 0.1) is 11.0 Å². The van der Waals surface area contributed by atoms with Gasteiger partial charge in [-0.15, -0.1) is 13.2 Å². The van der Waals surface area contributed by atoms with Crippen LogP contribution in [0.25, 0.3) is 21.8 Å². The van der Waals surface area contributed by atoms with Crippen LogP contribution in [0.4, 0.5) is 13.2 Å². The number of halogens is 3. The molecule has 0 unspecified atom stereocenters. The smallest absolute Gasteiger partial charge is 0.406 e. The summed E-state index contributed by atoms with van der Waals surface area (Å²) in [5.41, 5.74) is 9.32. The van der Waals surface area contributed by atoms with E-state index in [0.29, 0.717) is 23.1 Å². The Balaban J connectivity index is 1.90. The second-order valence-electron chi connectivity index (χ2n) is 7.36. The molecular weight excluding hydrogens is 405 g/mol. The molecular formula is C24H20F3N2O2. The van der Waals surface area contributed by atoms with Crippen molar-refractivity contribution in [3.63, 3.8) is 0 Å². The van der Waals surface area contributed by atoms with Crippen LogP contribution in [0.3, 0.4) is 0 Å². The number of alkyl halides is 3. The average Bonchev–Trinajstić information content (AvgIpc) is 3.00. The summed E-state index contributed by atoms with van der Waals surface area (Å²) in [6.07, 6.45) is -2.93. The fourth-order valence-corrected chi connectivity index (χ4v) is 3.93. The van der Waals surface area contributed by atoms with Crippen molar-refractivity contribution in [2.24, 2.45) is 5.73 Å². The van der Waals surface area contributed by atoms with Gasteiger partial charge in [0.2, 0.25) is 5.91 Å². The molecule has 7 heteroatoms. The van der Waals surface area contributed by atoms with Crippen molar-refractivity contribution in [3.8, 4) is 5.75 Å². The molecule has 159 valence electrons. The summed E-state index contributed by atoms with van der Waals surface area (Å²) in [7, 11) is 0. The third-order valence-electron chi connectivity index (χ3n) is 5.13. The summed E-state index contributed by atoms with van der Waals surface area (Å²) in [6.45, 7) is 2.37. The minimum Gasteiger partial charge on any atom is -0.406 e. The van der Waals surface area contributed by atoms with E-state index in [0.717, 1.165) is 34.8 Å². The van der Waals surface area contributed by atoms with Crippen molar-refractivity contribution in [2.75, 3.05) is 0 Å². The van der Waals surface area contributed by atoms with Crippen LogP contribution < -0.4 is 10.5 Å². The first-order valence-corrected chi connectivity index (χ1v) is 9.87. The maximum Gasteiger partial charge on any atom is 0.573 e. The lowest BCUT2D eigenvalue weighted by atomic mass is 10.0. The molecule has 4 aromatic rings. The molecule has 0 spiro atoms. The van der Waals surface area contributed by atoms with E-state index in [1.54, 1.807) is 18.2 Å². The van der Waals surface area contributed by atoms with Crippen molar-refractivity contribution >= 4 is 27.7 Å². The van der Waals surface area contributed by atoms with Gasteiger partial charge in [-0.1, -0.05) is 37.6 Å². The number of ether oxygens (including phenoxy) is 1. The van der Waals surface area contributed by atoms with Gasteiger partial charge in [0.15, 0.2) is 0 Å². The summed E-state index contributed by atoms with van der Waals surface area (Å²) in [6, 6.07) is 18.4. The molecule has 4 rings (SSSR count). The highest BCUT2D eigenvalue weighted by Gasteiger charge is 2.31. The number of fused-ring (bicyclic) bond motifs is 3. The largest absolute Gasteiger partial charge is 0.573 e. The van der Waals surface area contributed by atoms with Crippen molar-refractivity contribution in [2.45, 2.75) is 32.7 Å². The molecule has 0 bridgehead atoms. The van der Waals surface area contributed by atoms with E-state index < -0.39 is 12.3 Å². The maximum atomic E-state index is 12.6. The Morgan fingerprint density at radius 1 is 1.10 bits per heavy atom. The highest BCUT2D eigenvalue weighted by atomic mass is 19.4. The highest BCUT2D eigenvalue weighted by Crippen LogP contribution is 2.33. The lowest BCUT2D eigenvalue weighted by Gasteiger charge is -2.12. The van der Waals surface area contributed by atoms with Gasteiger partial charge in [-0.05, 0) is 53.9 Å². The Bertz CT molecular complexity index is 1280. The molecule has 0 aliphatic heterocycles. The third-order valence-corrected chi connectivity index (χ3v) is 5.13. The maximum absolute atomic E-state index is 12.6. The third kappa shape index (κ3) is 4.21. The number of carbonyl (C=O) groups is 1. The summed E-state index contributed by atoms with van der Waals surface area (Å²) in [5.74, 6) is -0.821. The number of hydrogen-bond donors (Lipinski definition) is 1. The zero-order valence-electron chi connectivity index (χ0n) is 16.8. The molecule has 1 heterocycles. The quantitative estimate of drug-likeness (QED) is 0.438. The van der Waals surface area contributed by atoms with Gasteiger partial charge in [-0.25, -0.2) is 0 Å². The molecule has 1 aromatic heterocycles. The van der Waals surface area contributed by atoms with Crippen LogP contribution in [-0.2, 0) is 13.0 Å². The monoisotopic (exact) mass is 425 g/mol. The molecule has 3 aromatic carbocycles. The Morgan fingerprint density at radius 3 is 2.58 bits per heavy atom. The van der Waals surface area contributed by atoms with Gasteiger partial charge in [0, 0.05) is 22.9 Å². The van der Waals surface area contributed by atoms with Gasteiger partial charge in [0.1, 0.15) is 5.75 Å². The van der Waals surface area contributed by atoms with Gasteiger partial charge < -0.3 is 15.0 Å². The molecule has 0 fully saturated rings. The number of rotatable bonds is 6. The molecule has 0 saturated heterocycles. The zero-order chi connectivity index (χ0) is 22.2. The van der Waals surface area contributed by atoms with Crippen LogP contribution in [0.15, 0.2) is 54.6 Å². The second kappa shape index (κ2) is 7.98. The lowest BCUT2D eigenvalue weighted by Crippen LogP contribution is -2.17. The molecule has 0 aliphatic rings. The van der Waals surface area contributed by atoms with E-state index in [9.17, 15) is 18.0 Å². The van der Waals surface area contributed by atoms with Crippen LogP contribution in [0, 0.1) is 6.07 Å². The molecule has 1 amide bonds. The number of benzene rings is 3. The average molecular weight is 425 g/mol. The predicted molar refractivity (Wildman–Crippen MR) is 113 cm³/mol. The van der Waals surface area contributed by atoms with E-state index in [2.05, 4.69) is 17.7 Å². The van der Waals surface area contributed by atoms with E-state index in [-0.39, 0.29) is 5.75 Å². The number of aryl methyl sites for hydroxylation is 1. The van der Waals surface area contributed by atoms with Crippen LogP contribution >= 0.6 is 0 Å². The van der Waals surface area contributed by atoms with Crippen molar-refractivity contribution in [1.29, 1.82) is 0 Å². The van der Waals surface area contributed by atoms with Crippen LogP contribution in [-0.4, -0.2) is 16.8 Å². The van der Waals surface area contributed by atoms with Crippen LogP contribution in [0.1, 0.15) is 34.8 Å². The number of amides is 1. The minimum atomic E-state index is -4.76. The molecule has 0 saturated carbocycles. The Hall–Kier alpha value is -3.48. The number of hydrogen-bond acceptors (Lipinski definition) is 2. The number of nitrogens with zero attached hydrogens (tertiary/aromatic N) is 1. The Labute approximate surface area is 177 Å². The fraction of sp³-hybridized carbons (Fsp3) is 0.208. The standard InChI is InChI=1S/C24H20F3N2O2/c1-2-5-15-10-11-18-21(13-15)29(20-9-4-8-19(22(18)20)23(28)30)14-16-6-3-7-17(12-16)31-24(25,26)27/h3-4,6-10,12-13H,2,5,14H2,1H3,(H2,28,30). The molecule has 0 atom stereocenters. The van der Waals surface area contributed by atoms with E-state index in [4.69, 9.17) is 5.73 Å². The van der Waals surface area contributed by atoms with Gasteiger partial charge in [-0.3, -0.25) is 4.79 Å². The van der Waals surface area contributed by atoms with Gasteiger partial charge in [-0.2, -0.15) is 0 Å².